The van der Waals surface area contributed by atoms with Crippen LogP contribution in [0.3, 0.4) is 0 Å². The standard InChI is InChI=1S/C22H30N4S/c1-17-9-7-8-12-20(17)24-22(27)23-18(2)21(19-10-5-4-6-11-19)26-15-13-25(3)14-16-26/h4-12,18,21H,13-16H2,1-3H3,(H2,23,24,27)/t18-,21+/m0/s1. The Bertz CT molecular complexity index is 741. The summed E-state index contributed by atoms with van der Waals surface area (Å²) in [7, 11) is 2.19. The van der Waals surface area contributed by atoms with Crippen LogP contribution in [-0.2, 0) is 0 Å². The maximum absolute atomic E-state index is 5.61. The van der Waals surface area contributed by atoms with E-state index >= 15 is 0 Å². The first-order valence-electron chi connectivity index (χ1n) is 9.65. The minimum atomic E-state index is 0.194. The smallest absolute Gasteiger partial charge is 0.171 e. The van der Waals surface area contributed by atoms with Crippen LogP contribution in [0.4, 0.5) is 5.69 Å². The zero-order chi connectivity index (χ0) is 19.2. The van der Waals surface area contributed by atoms with Crippen molar-refractivity contribution in [3.05, 3.63) is 65.7 Å². The maximum atomic E-state index is 5.61. The summed E-state index contributed by atoms with van der Waals surface area (Å²) in [5.74, 6) is 0. The highest BCUT2D eigenvalue weighted by Gasteiger charge is 2.28. The van der Waals surface area contributed by atoms with Crippen molar-refractivity contribution in [2.75, 3.05) is 38.5 Å². The largest absolute Gasteiger partial charge is 0.358 e. The van der Waals surface area contributed by atoms with E-state index in [2.05, 4.69) is 83.8 Å². The van der Waals surface area contributed by atoms with Gasteiger partial charge in [0, 0.05) is 37.9 Å². The van der Waals surface area contributed by atoms with Crippen LogP contribution in [0.15, 0.2) is 54.6 Å². The average Bonchev–Trinajstić information content (AvgIpc) is 2.66. The molecule has 0 unspecified atom stereocenters. The van der Waals surface area contributed by atoms with Gasteiger partial charge in [0.25, 0.3) is 0 Å². The van der Waals surface area contributed by atoms with Gasteiger partial charge in [0.15, 0.2) is 5.11 Å². The van der Waals surface area contributed by atoms with E-state index in [0.29, 0.717) is 5.11 Å². The second-order valence-corrected chi connectivity index (χ2v) is 7.81. The predicted molar refractivity (Wildman–Crippen MR) is 118 cm³/mol. The number of para-hydroxylation sites is 1. The molecule has 0 amide bonds. The molecule has 1 aliphatic rings. The zero-order valence-electron chi connectivity index (χ0n) is 16.5. The average molecular weight is 383 g/mol. The van der Waals surface area contributed by atoms with Crippen molar-refractivity contribution in [2.24, 2.45) is 0 Å². The number of nitrogens with zero attached hydrogens (tertiary/aromatic N) is 2. The minimum absolute atomic E-state index is 0.194. The Morgan fingerprint density at radius 2 is 1.59 bits per heavy atom. The molecular weight excluding hydrogens is 352 g/mol. The lowest BCUT2D eigenvalue weighted by molar-refractivity contribution is 0.0973. The van der Waals surface area contributed by atoms with Crippen molar-refractivity contribution in [3.63, 3.8) is 0 Å². The molecule has 1 fully saturated rings. The van der Waals surface area contributed by atoms with E-state index in [-0.39, 0.29) is 12.1 Å². The fraction of sp³-hybridized carbons (Fsp3) is 0.409. The molecule has 4 nitrogen and oxygen atoms in total. The summed E-state index contributed by atoms with van der Waals surface area (Å²) in [6.45, 7) is 8.65. The van der Waals surface area contributed by atoms with Gasteiger partial charge in [0.1, 0.15) is 0 Å². The molecule has 0 radical (unpaired) electrons. The summed E-state index contributed by atoms with van der Waals surface area (Å²) in [4.78, 5) is 4.96. The van der Waals surface area contributed by atoms with Gasteiger partial charge in [-0.05, 0) is 50.3 Å². The molecule has 144 valence electrons. The van der Waals surface area contributed by atoms with E-state index in [0.717, 1.165) is 31.9 Å². The lowest BCUT2D eigenvalue weighted by atomic mass is 9.98. The van der Waals surface area contributed by atoms with E-state index in [1.165, 1.54) is 11.1 Å². The molecule has 2 aromatic rings. The van der Waals surface area contributed by atoms with Crippen LogP contribution in [0.2, 0.25) is 0 Å². The topological polar surface area (TPSA) is 30.5 Å². The van der Waals surface area contributed by atoms with Gasteiger partial charge in [-0.15, -0.1) is 0 Å². The third-order valence-corrected chi connectivity index (χ3v) is 5.52. The fourth-order valence-electron chi connectivity index (χ4n) is 3.72. The normalized spacial score (nSPS) is 17.9. The van der Waals surface area contributed by atoms with Crippen LogP contribution in [0, 0.1) is 6.92 Å². The Hall–Kier alpha value is -1.95. The zero-order valence-corrected chi connectivity index (χ0v) is 17.3. The number of hydrogen-bond donors (Lipinski definition) is 2. The Kier molecular flexibility index (Phi) is 6.83. The van der Waals surface area contributed by atoms with Gasteiger partial charge >= 0.3 is 0 Å². The van der Waals surface area contributed by atoms with Gasteiger partial charge in [0.05, 0.1) is 6.04 Å². The van der Waals surface area contributed by atoms with Gasteiger partial charge in [-0.2, -0.15) is 0 Å². The van der Waals surface area contributed by atoms with Gasteiger partial charge < -0.3 is 15.5 Å². The quantitative estimate of drug-likeness (QED) is 0.771. The summed E-state index contributed by atoms with van der Waals surface area (Å²) < 4.78 is 0. The first-order chi connectivity index (χ1) is 13.0. The van der Waals surface area contributed by atoms with Crippen LogP contribution < -0.4 is 10.6 Å². The molecule has 2 aromatic carbocycles. The third-order valence-electron chi connectivity index (χ3n) is 5.30. The lowest BCUT2D eigenvalue weighted by Crippen LogP contribution is -2.52. The first-order valence-corrected chi connectivity index (χ1v) is 10.1. The molecule has 5 heteroatoms. The van der Waals surface area contributed by atoms with Crippen molar-refractivity contribution in [1.82, 2.24) is 15.1 Å². The summed E-state index contributed by atoms with van der Waals surface area (Å²) >= 11 is 5.61. The number of benzene rings is 2. The predicted octanol–water partition coefficient (Wildman–Crippen LogP) is 3.66. The Morgan fingerprint density at radius 3 is 2.26 bits per heavy atom. The molecule has 1 heterocycles. The van der Waals surface area contributed by atoms with Gasteiger partial charge in [-0.3, -0.25) is 4.90 Å². The number of rotatable bonds is 5. The Morgan fingerprint density at radius 1 is 0.963 bits per heavy atom. The number of thiocarbonyl (C=S) groups is 1. The molecule has 0 aromatic heterocycles. The highest BCUT2D eigenvalue weighted by Crippen LogP contribution is 2.26. The molecule has 0 saturated carbocycles. The molecule has 1 saturated heterocycles. The number of anilines is 1. The number of piperazine rings is 1. The molecule has 1 aliphatic heterocycles. The molecule has 2 N–H and O–H groups in total. The molecule has 0 aliphatic carbocycles. The second-order valence-electron chi connectivity index (χ2n) is 7.40. The molecule has 0 bridgehead atoms. The summed E-state index contributed by atoms with van der Waals surface area (Å²) in [5, 5.41) is 7.55. The Balaban J connectivity index is 1.71. The molecule has 27 heavy (non-hydrogen) atoms. The van der Waals surface area contributed by atoms with E-state index < -0.39 is 0 Å². The third kappa shape index (κ3) is 5.28. The van der Waals surface area contributed by atoms with E-state index in [4.69, 9.17) is 12.2 Å². The van der Waals surface area contributed by atoms with E-state index in [1.54, 1.807) is 0 Å². The van der Waals surface area contributed by atoms with Crippen LogP contribution in [0.5, 0.6) is 0 Å². The van der Waals surface area contributed by atoms with Crippen LogP contribution in [0.1, 0.15) is 24.1 Å². The van der Waals surface area contributed by atoms with Gasteiger partial charge in [-0.25, -0.2) is 0 Å². The van der Waals surface area contributed by atoms with Crippen molar-refractivity contribution in [3.8, 4) is 0 Å². The first kappa shape index (κ1) is 19.8. The van der Waals surface area contributed by atoms with Crippen LogP contribution >= 0.6 is 12.2 Å². The monoisotopic (exact) mass is 382 g/mol. The molecule has 2 atom stereocenters. The van der Waals surface area contributed by atoms with Crippen molar-refractivity contribution >= 4 is 23.0 Å². The summed E-state index contributed by atoms with van der Waals surface area (Å²) in [5.41, 5.74) is 3.58. The number of likely N-dealkylation sites (N-methyl/N-ethyl adjacent to an activating group) is 1. The maximum Gasteiger partial charge on any atom is 0.171 e. The molecule has 0 spiro atoms. The van der Waals surface area contributed by atoms with Gasteiger partial charge in [-0.1, -0.05) is 48.5 Å². The Labute approximate surface area is 168 Å². The van der Waals surface area contributed by atoms with Gasteiger partial charge in [0.2, 0.25) is 0 Å². The fourth-order valence-corrected chi connectivity index (χ4v) is 4.02. The second kappa shape index (κ2) is 9.31. The highest BCUT2D eigenvalue weighted by atomic mass is 32.1. The minimum Gasteiger partial charge on any atom is -0.358 e. The van der Waals surface area contributed by atoms with Crippen LogP contribution in [-0.4, -0.2) is 54.2 Å². The molecular formula is C22H30N4S. The van der Waals surface area contributed by atoms with E-state index in [1.807, 2.05) is 12.1 Å². The van der Waals surface area contributed by atoms with Crippen LogP contribution in [0.25, 0.3) is 0 Å². The van der Waals surface area contributed by atoms with Crippen molar-refractivity contribution in [1.29, 1.82) is 0 Å². The van der Waals surface area contributed by atoms with E-state index in [9.17, 15) is 0 Å². The van der Waals surface area contributed by atoms with Crippen molar-refractivity contribution in [2.45, 2.75) is 25.9 Å². The molecule has 3 rings (SSSR count). The lowest BCUT2D eigenvalue weighted by Gasteiger charge is -2.41. The highest BCUT2D eigenvalue weighted by molar-refractivity contribution is 7.80. The SMILES string of the molecule is Cc1ccccc1NC(=S)N[C@@H](C)[C@H](c1ccccc1)N1CCN(C)CC1. The summed E-state index contributed by atoms with van der Waals surface area (Å²) in [6.07, 6.45) is 0. The summed E-state index contributed by atoms with van der Waals surface area (Å²) in [6, 6.07) is 19.5. The number of nitrogens with one attached hydrogen (secondary N) is 2. The van der Waals surface area contributed by atoms with Crippen molar-refractivity contribution < 1.29 is 0 Å². The number of aryl methyl sites for hydroxylation is 1. The number of hydrogen-bond acceptors (Lipinski definition) is 3.